The van der Waals surface area contributed by atoms with Crippen molar-refractivity contribution in [1.82, 2.24) is 0 Å². The number of aliphatic hydroxyl groups excluding tert-OH is 1. The van der Waals surface area contributed by atoms with Crippen molar-refractivity contribution in [2.75, 3.05) is 11.9 Å². The standard InChI is InChI=1S/C15H24FNO/c1-10(18)14-12(16)8-7-9-13(14)17(6)11(2)15(3,4)5/h7-11,18H,1-6H3/t10-,11?/m0/s1. The van der Waals surface area contributed by atoms with Crippen molar-refractivity contribution in [2.45, 2.75) is 46.8 Å². The molecule has 0 aliphatic rings. The second kappa shape index (κ2) is 5.27. The number of halogens is 1. The lowest BCUT2D eigenvalue weighted by Crippen LogP contribution is -2.40. The molecule has 1 aromatic carbocycles. The molecule has 0 aromatic heterocycles. The lowest BCUT2D eigenvalue weighted by Gasteiger charge is -2.38. The Morgan fingerprint density at radius 3 is 2.22 bits per heavy atom. The molecule has 18 heavy (non-hydrogen) atoms. The summed E-state index contributed by atoms with van der Waals surface area (Å²) in [6, 6.07) is 5.16. The van der Waals surface area contributed by atoms with Crippen molar-refractivity contribution < 1.29 is 9.50 Å². The summed E-state index contributed by atoms with van der Waals surface area (Å²) in [6.45, 7) is 10.1. The fourth-order valence-corrected chi connectivity index (χ4v) is 2.04. The van der Waals surface area contributed by atoms with Gasteiger partial charge < -0.3 is 10.0 Å². The Bertz CT molecular complexity index is 409. The topological polar surface area (TPSA) is 23.5 Å². The molecule has 3 heteroatoms. The van der Waals surface area contributed by atoms with Gasteiger partial charge in [0.15, 0.2) is 0 Å². The zero-order valence-corrected chi connectivity index (χ0v) is 12.2. The van der Waals surface area contributed by atoms with Crippen LogP contribution in [0.5, 0.6) is 0 Å². The smallest absolute Gasteiger partial charge is 0.131 e. The predicted molar refractivity (Wildman–Crippen MR) is 74.4 cm³/mol. The Kier molecular flexibility index (Phi) is 4.38. The number of hydrogen-bond acceptors (Lipinski definition) is 2. The monoisotopic (exact) mass is 253 g/mol. The van der Waals surface area contributed by atoms with Gasteiger partial charge in [-0.25, -0.2) is 4.39 Å². The van der Waals surface area contributed by atoms with Gasteiger partial charge in [-0.1, -0.05) is 26.8 Å². The van der Waals surface area contributed by atoms with E-state index in [-0.39, 0.29) is 17.3 Å². The number of aliphatic hydroxyl groups is 1. The van der Waals surface area contributed by atoms with Crippen molar-refractivity contribution in [3.05, 3.63) is 29.6 Å². The largest absolute Gasteiger partial charge is 0.389 e. The van der Waals surface area contributed by atoms with Crippen LogP contribution < -0.4 is 4.90 Å². The number of anilines is 1. The molecular formula is C15H24FNO. The van der Waals surface area contributed by atoms with Crippen LogP contribution in [-0.2, 0) is 0 Å². The van der Waals surface area contributed by atoms with E-state index in [4.69, 9.17) is 0 Å². The van der Waals surface area contributed by atoms with Crippen LogP contribution in [0.15, 0.2) is 18.2 Å². The minimum absolute atomic E-state index is 0.0804. The van der Waals surface area contributed by atoms with Gasteiger partial charge in [0.25, 0.3) is 0 Å². The molecule has 1 unspecified atom stereocenters. The van der Waals surface area contributed by atoms with E-state index in [2.05, 4.69) is 27.7 Å². The van der Waals surface area contributed by atoms with Crippen molar-refractivity contribution in [2.24, 2.45) is 5.41 Å². The molecule has 1 N–H and O–H groups in total. The number of hydrogen-bond donors (Lipinski definition) is 1. The average molecular weight is 253 g/mol. The summed E-state index contributed by atoms with van der Waals surface area (Å²) >= 11 is 0. The first-order valence-corrected chi connectivity index (χ1v) is 6.35. The zero-order valence-electron chi connectivity index (χ0n) is 12.2. The molecule has 0 saturated heterocycles. The summed E-state index contributed by atoms with van der Waals surface area (Å²) < 4.78 is 13.8. The third-order valence-corrected chi connectivity index (χ3v) is 3.66. The lowest BCUT2D eigenvalue weighted by atomic mass is 9.86. The van der Waals surface area contributed by atoms with Crippen LogP contribution in [-0.4, -0.2) is 18.2 Å². The van der Waals surface area contributed by atoms with Crippen LogP contribution in [0.1, 0.15) is 46.3 Å². The SMILES string of the molecule is CC(N(C)c1cccc(F)c1[C@H](C)O)C(C)(C)C. The third kappa shape index (κ3) is 3.02. The van der Waals surface area contributed by atoms with E-state index >= 15 is 0 Å². The number of nitrogens with zero attached hydrogens (tertiary/aromatic N) is 1. The van der Waals surface area contributed by atoms with Crippen LogP contribution in [0.2, 0.25) is 0 Å². The van der Waals surface area contributed by atoms with Gasteiger partial charge in [-0.05, 0) is 31.4 Å². The maximum atomic E-state index is 13.8. The zero-order chi connectivity index (χ0) is 14.1. The molecule has 2 nitrogen and oxygen atoms in total. The third-order valence-electron chi connectivity index (χ3n) is 3.66. The summed E-state index contributed by atoms with van der Waals surface area (Å²) in [7, 11) is 1.94. The van der Waals surface area contributed by atoms with E-state index in [1.807, 2.05) is 18.0 Å². The van der Waals surface area contributed by atoms with Gasteiger partial charge in [-0.3, -0.25) is 0 Å². The van der Waals surface area contributed by atoms with Gasteiger partial charge in [-0.15, -0.1) is 0 Å². The Morgan fingerprint density at radius 2 is 1.78 bits per heavy atom. The highest BCUT2D eigenvalue weighted by Gasteiger charge is 2.26. The molecule has 1 aromatic rings. The average Bonchev–Trinajstić information content (AvgIpc) is 2.24. The van der Waals surface area contributed by atoms with E-state index in [0.29, 0.717) is 5.56 Å². The predicted octanol–water partition coefficient (Wildman–Crippen LogP) is 3.75. The minimum atomic E-state index is -0.809. The molecule has 2 atom stereocenters. The van der Waals surface area contributed by atoms with Crippen LogP contribution in [0.3, 0.4) is 0 Å². The molecule has 0 saturated carbocycles. The van der Waals surface area contributed by atoms with Gasteiger partial charge in [0.1, 0.15) is 5.82 Å². The first-order valence-electron chi connectivity index (χ1n) is 6.35. The van der Waals surface area contributed by atoms with E-state index in [9.17, 15) is 9.50 Å². The Hall–Kier alpha value is -1.09. The van der Waals surface area contributed by atoms with Crippen molar-refractivity contribution in [3.63, 3.8) is 0 Å². The van der Waals surface area contributed by atoms with Gasteiger partial charge in [0.2, 0.25) is 0 Å². The molecule has 0 radical (unpaired) electrons. The van der Waals surface area contributed by atoms with E-state index in [1.165, 1.54) is 6.07 Å². The fraction of sp³-hybridized carbons (Fsp3) is 0.600. The summed E-state index contributed by atoms with van der Waals surface area (Å²) in [4.78, 5) is 2.03. The summed E-state index contributed by atoms with van der Waals surface area (Å²) in [5.41, 5.74) is 1.21. The Balaban J connectivity index is 3.21. The summed E-state index contributed by atoms with van der Waals surface area (Å²) in [6.07, 6.45) is -0.809. The molecule has 0 aliphatic carbocycles. The van der Waals surface area contributed by atoms with Crippen LogP contribution in [0.25, 0.3) is 0 Å². The van der Waals surface area contributed by atoms with Crippen LogP contribution in [0, 0.1) is 11.2 Å². The normalized spacial score (nSPS) is 15.3. The maximum absolute atomic E-state index is 13.8. The van der Waals surface area contributed by atoms with Crippen molar-refractivity contribution >= 4 is 5.69 Å². The molecule has 1 rings (SSSR count). The highest BCUT2D eigenvalue weighted by atomic mass is 19.1. The van der Waals surface area contributed by atoms with Gasteiger partial charge >= 0.3 is 0 Å². The number of benzene rings is 1. The first kappa shape index (κ1) is 15.0. The van der Waals surface area contributed by atoms with Crippen molar-refractivity contribution in [3.8, 4) is 0 Å². The first-order chi connectivity index (χ1) is 8.16. The van der Waals surface area contributed by atoms with Gasteiger partial charge in [-0.2, -0.15) is 0 Å². The highest BCUT2D eigenvalue weighted by Crippen LogP contribution is 2.33. The Labute approximate surface area is 109 Å². The fourth-order valence-electron chi connectivity index (χ4n) is 2.04. The number of rotatable bonds is 3. The Morgan fingerprint density at radius 1 is 1.22 bits per heavy atom. The minimum Gasteiger partial charge on any atom is -0.389 e. The van der Waals surface area contributed by atoms with E-state index < -0.39 is 6.10 Å². The van der Waals surface area contributed by atoms with Crippen molar-refractivity contribution in [1.29, 1.82) is 0 Å². The molecule has 0 bridgehead atoms. The molecular weight excluding hydrogens is 229 g/mol. The molecule has 0 amide bonds. The molecule has 0 heterocycles. The highest BCUT2D eigenvalue weighted by molar-refractivity contribution is 5.55. The van der Waals surface area contributed by atoms with Gasteiger partial charge in [0, 0.05) is 24.3 Å². The summed E-state index contributed by atoms with van der Waals surface area (Å²) in [5.74, 6) is -0.351. The van der Waals surface area contributed by atoms with E-state index in [1.54, 1.807) is 13.0 Å². The lowest BCUT2D eigenvalue weighted by molar-refractivity contribution is 0.194. The second-order valence-electron chi connectivity index (χ2n) is 6.00. The summed E-state index contributed by atoms with van der Waals surface area (Å²) in [5, 5.41) is 9.75. The molecule has 102 valence electrons. The molecule has 0 aliphatic heterocycles. The maximum Gasteiger partial charge on any atom is 0.131 e. The molecule has 0 spiro atoms. The second-order valence-corrected chi connectivity index (χ2v) is 6.00. The quantitative estimate of drug-likeness (QED) is 0.886. The van der Waals surface area contributed by atoms with Crippen LogP contribution in [0.4, 0.5) is 10.1 Å². The van der Waals surface area contributed by atoms with E-state index in [0.717, 1.165) is 5.69 Å². The molecule has 0 fully saturated rings. The van der Waals surface area contributed by atoms with Crippen LogP contribution >= 0.6 is 0 Å². The van der Waals surface area contributed by atoms with Gasteiger partial charge in [0.05, 0.1) is 6.10 Å².